The first-order valence-corrected chi connectivity index (χ1v) is 10.5. The molecule has 5 rings (SSSR count). The predicted octanol–water partition coefficient (Wildman–Crippen LogP) is 3.91. The molecule has 1 aliphatic rings. The highest BCUT2D eigenvalue weighted by Gasteiger charge is 2.25. The summed E-state index contributed by atoms with van der Waals surface area (Å²) in [7, 11) is 1.93. The second-order valence-corrected chi connectivity index (χ2v) is 7.74. The molecule has 4 aromatic rings. The zero-order chi connectivity index (χ0) is 21.0. The van der Waals surface area contributed by atoms with Gasteiger partial charge in [-0.1, -0.05) is 42.5 Å². The van der Waals surface area contributed by atoms with E-state index in [-0.39, 0.29) is 0 Å². The van der Waals surface area contributed by atoms with E-state index >= 15 is 0 Å². The van der Waals surface area contributed by atoms with Crippen LogP contribution in [0.4, 0.5) is 5.82 Å². The first kappa shape index (κ1) is 19.4. The van der Waals surface area contributed by atoms with Crippen LogP contribution in [0.5, 0.6) is 0 Å². The van der Waals surface area contributed by atoms with Crippen LogP contribution in [0.25, 0.3) is 23.0 Å². The van der Waals surface area contributed by atoms with E-state index in [4.69, 9.17) is 9.40 Å². The quantitative estimate of drug-likeness (QED) is 0.514. The molecule has 156 valence electrons. The SMILES string of the molecule is CNCc1ccc(-c2nnc(-c3cncc(N4CCC(c5ccccc5)C4)n3)o2)cc1. The molecule has 0 aliphatic carbocycles. The van der Waals surface area contributed by atoms with Gasteiger partial charge in [0.05, 0.1) is 12.4 Å². The molecule has 1 N–H and O–H groups in total. The van der Waals surface area contributed by atoms with Gasteiger partial charge in [-0.2, -0.15) is 0 Å². The molecule has 1 fully saturated rings. The molecule has 1 aliphatic heterocycles. The van der Waals surface area contributed by atoms with Gasteiger partial charge in [-0.15, -0.1) is 10.2 Å². The summed E-state index contributed by atoms with van der Waals surface area (Å²) in [6.45, 7) is 2.70. The topological polar surface area (TPSA) is 80.0 Å². The Morgan fingerprint density at radius 3 is 2.61 bits per heavy atom. The van der Waals surface area contributed by atoms with E-state index in [0.717, 1.165) is 37.4 Å². The number of nitrogens with zero attached hydrogens (tertiary/aromatic N) is 5. The summed E-state index contributed by atoms with van der Waals surface area (Å²) in [6, 6.07) is 18.7. The molecule has 0 spiro atoms. The zero-order valence-corrected chi connectivity index (χ0v) is 17.4. The molecule has 0 radical (unpaired) electrons. The standard InChI is InChI=1S/C24H24N6O/c1-25-13-17-7-9-19(10-8-17)23-28-29-24(31-23)21-14-26-15-22(27-21)30-12-11-20(16-30)18-5-3-2-4-6-18/h2-10,14-15,20,25H,11-13,16H2,1H3. The van der Waals surface area contributed by atoms with Gasteiger partial charge < -0.3 is 14.6 Å². The van der Waals surface area contributed by atoms with Crippen molar-refractivity contribution in [1.29, 1.82) is 0 Å². The van der Waals surface area contributed by atoms with Gasteiger partial charge in [-0.25, -0.2) is 4.98 Å². The van der Waals surface area contributed by atoms with Crippen molar-refractivity contribution in [2.45, 2.75) is 18.9 Å². The van der Waals surface area contributed by atoms with Gasteiger partial charge >= 0.3 is 0 Å². The average Bonchev–Trinajstić information content (AvgIpc) is 3.51. The van der Waals surface area contributed by atoms with E-state index in [1.807, 2.05) is 31.3 Å². The lowest BCUT2D eigenvalue weighted by atomic mass is 9.99. The second kappa shape index (κ2) is 8.65. The molecule has 7 nitrogen and oxygen atoms in total. The molecule has 3 heterocycles. The molecule has 0 amide bonds. The summed E-state index contributed by atoms with van der Waals surface area (Å²) in [6.07, 6.45) is 4.57. The Morgan fingerprint density at radius 2 is 1.81 bits per heavy atom. The molecule has 1 saturated heterocycles. The van der Waals surface area contributed by atoms with Crippen LogP contribution in [0.2, 0.25) is 0 Å². The van der Waals surface area contributed by atoms with Crippen LogP contribution in [0, 0.1) is 0 Å². The van der Waals surface area contributed by atoms with E-state index < -0.39 is 0 Å². The monoisotopic (exact) mass is 412 g/mol. The summed E-state index contributed by atoms with van der Waals surface area (Å²) >= 11 is 0. The molecule has 7 heteroatoms. The molecule has 0 bridgehead atoms. The summed E-state index contributed by atoms with van der Waals surface area (Å²) in [5, 5.41) is 11.5. The summed E-state index contributed by atoms with van der Waals surface area (Å²) < 4.78 is 5.90. The van der Waals surface area contributed by atoms with Crippen molar-refractivity contribution in [3.05, 3.63) is 78.1 Å². The molecule has 2 aromatic heterocycles. The fourth-order valence-corrected chi connectivity index (χ4v) is 3.99. The van der Waals surface area contributed by atoms with Crippen molar-refractivity contribution in [3.63, 3.8) is 0 Å². The zero-order valence-electron chi connectivity index (χ0n) is 17.4. The van der Waals surface area contributed by atoms with E-state index in [0.29, 0.717) is 23.4 Å². The molecule has 1 atom stereocenters. The van der Waals surface area contributed by atoms with Gasteiger partial charge in [0.1, 0.15) is 11.5 Å². The molecular weight excluding hydrogens is 388 g/mol. The van der Waals surface area contributed by atoms with Crippen LogP contribution in [-0.4, -0.2) is 40.3 Å². The Hall–Kier alpha value is -3.58. The minimum atomic E-state index is 0.377. The normalized spacial score (nSPS) is 16.0. The fraction of sp³-hybridized carbons (Fsp3) is 0.250. The largest absolute Gasteiger partial charge is 0.415 e. The van der Waals surface area contributed by atoms with Crippen molar-refractivity contribution >= 4 is 5.82 Å². The van der Waals surface area contributed by atoms with Crippen LogP contribution >= 0.6 is 0 Å². The molecule has 1 unspecified atom stereocenters. The summed E-state index contributed by atoms with van der Waals surface area (Å²) in [5.41, 5.74) is 4.04. The van der Waals surface area contributed by atoms with Crippen molar-refractivity contribution in [1.82, 2.24) is 25.5 Å². The van der Waals surface area contributed by atoms with Crippen molar-refractivity contribution in [2.24, 2.45) is 0 Å². The Kier molecular flexibility index (Phi) is 5.41. The minimum Gasteiger partial charge on any atom is -0.415 e. The van der Waals surface area contributed by atoms with Gasteiger partial charge in [0, 0.05) is 31.1 Å². The fourth-order valence-electron chi connectivity index (χ4n) is 3.99. The molecule has 31 heavy (non-hydrogen) atoms. The van der Waals surface area contributed by atoms with Gasteiger partial charge in [-0.05, 0) is 36.7 Å². The molecule has 0 saturated carbocycles. The Bertz CT molecular complexity index is 1140. The summed E-state index contributed by atoms with van der Waals surface area (Å²) in [4.78, 5) is 11.4. The van der Waals surface area contributed by atoms with Crippen molar-refractivity contribution < 1.29 is 4.42 Å². The first-order chi connectivity index (χ1) is 15.3. The third kappa shape index (κ3) is 4.18. The number of aromatic nitrogens is 4. The lowest BCUT2D eigenvalue weighted by Crippen LogP contribution is -2.20. The third-order valence-electron chi connectivity index (χ3n) is 5.63. The van der Waals surface area contributed by atoms with Gasteiger partial charge in [0.25, 0.3) is 5.89 Å². The average molecular weight is 412 g/mol. The van der Waals surface area contributed by atoms with E-state index in [1.54, 1.807) is 12.4 Å². The van der Waals surface area contributed by atoms with Gasteiger partial charge in [0.15, 0.2) is 0 Å². The Morgan fingerprint density at radius 1 is 1.00 bits per heavy atom. The highest BCUT2D eigenvalue weighted by molar-refractivity contribution is 5.57. The summed E-state index contributed by atoms with van der Waals surface area (Å²) in [5.74, 6) is 2.20. The maximum atomic E-state index is 5.90. The van der Waals surface area contributed by atoms with Crippen LogP contribution in [0.3, 0.4) is 0 Å². The highest BCUT2D eigenvalue weighted by atomic mass is 16.4. The van der Waals surface area contributed by atoms with Crippen molar-refractivity contribution in [3.8, 4) is 23.0 Å². The Balaban J connectivity index is 1.33. The Labute approximate surface area is 181 Å². The lowest BCUT2D eigenvalue weighted by Gasteiger charge is -2.17. The van der Waals surface area contributed by atoms with E-state index in [9.17, 15) is 0 Å². The number of benzene rings is 2. The maximum Gasteiger partial charge on any atom is 0.268 e. The molecule has 2 aromatic carbocycles. The van der Waals surface area contributed by atoms with E-state index in [1.165, 1.54) is 11.1 Å². The number of nitrogens with one attached hydrogen (secondary N) is 1. The predicted molar refractivity (Wildman–Crippen MR) is 120 cm³/mol. The number of rotatable bonds is 6. The van der Waals surface area contributed by atoms with Crippen LogP contribution < -0.4 is 10.2 Å². The number of hydrogen-bond acceptors (Lipinski definition) is 7. The third-order valence-corrected chi connectivity index (χ3v) is 5.63. The minimum absolute atomic E-state index is 0.377. The smallest absolute Gasteiger partial charge is 0.268 e. The van der Waals surface area contributed by atoms with Crippen LogP contribution in [0.15, 0.2) is 71.4 Å². The van der Waals surface area contributed by atoms with E-state index in [2.05, 4.69) is 55.7 Å². The number of anilines is 1. The maximum absolute atomic E-state index is 5.90. The van der Waals surface area contributed by atoms with Crippen LogP contribution in [0.1, 0.15) is 23.5 Å². The van der Waals surface area contributed by atoms with Gasteiger partial charge in [-0.3, -0.25) is 4.98 Å². The number of hydrogen-bond donors (Lipinski definition) is 1. The van der Waals surface area contributed by atoms with Crippen molar-refractivity contribution in [2.75, 3.05) is 25.0 Å². The van der Waals surface area contributed by atoms with Crippen LogP contribution in [-0.2, 0) is 6.54 Å². The first-order valence-electron chi connectivity index (χ1n) is 10.5. The van der Waals surface area contributed by atoms with Gasteiger partial charge in [0.2, 0.25) is 5.89 Å². The highest BCUT2D eigenvalue weighted by Crippen LogP contribution is 2.30. The molecular formula is C24H24N6O. The second-order valence-electron chi connectivity index (χ2n) is 7.74. The lowest BCUT2D eigenvalue weighted by molar-refractivity contribution is 0.581.